The summed E-state index contributed by atoms with van der Waals surface area (Å²) in [6, 6.07) is 1.76. The van der Waals surface area contributed by atoms with Crippen LogP contribution < -0.4 is 0 Å². The lowest BCUT2D eigenvalue weighted by atomic mass is 10.0. The van der Waals surface area contributed by atoms with Crippen LogP contribution in [0.4, 0.5) is 0 Å². The van der Waals surface area contributed by atoms with E-state index in [0.717, 1.165) is 17.6 Å². The fraction of sp³-hybridized carbons (Fsp3) is 0.636. The zero-order valence-corrected chi connectivity index (χ0v) is 11.2. The second-order valence-electron chi connectivity index (χ2n) is 4.18. The Kier molecular flexibility index (Phi) is 4.59. The number of hydrogen-bond donors (Lipinski definition) is 1. The third-order valence-corrected chi connectivity index (χ3v) is 3.46. The summed E-state index contributed by atoms with van der Waals surface area (Å²) in [4.78, 5) is 0. The Bertz CT molecular complexity index is 485. The molecule has 5 nitrogen and oxygen atoms in total. The summed E-state index contributed by atoms with van der Waals surface area (Å²) in [6.07, 6.45) is 1.22. The SMILES string of the molecule is CCc1nnc(C)cc1C(O)CCS(C)(=O)=O. The molecule has 1 aromatic rings. The van der Waals surface area contributed by atoms with E-state index >= 15 is 0 Å². The van der Waals surface area contributed by atoms with E-state index in [1.54, 1.807) is 13.0 Å². The monoisotopic (exact) mass is 258 g/mol. The molecular weight excluding hydrogens is 240 g/mol. The molecule has 1 N–H and O–H groups in total. The Labute approximate surface area is 102 Å². The fourth-order valence-corrected chi connectivity index (χ4v) is 2.23. The second kappa shape index (κ2) is 5.55. The van der Waals surface area contributed by atoms with Crippen molar-refractivity contribution in [2.75, 3.05) is 12.0 Å². The molecule has 0 saturated heterocycles. The summed E-state index contributed by atoms with van der Waals surface area (Å²) < 4.78 is 22.1. The Morgan fingerprint density at radius 2 is 2.06 bits per heavy atom. The topological polar surface area (TPSA) is 80.2 Å². The number of hydrogen-bond acceptors (Lipinski definition) is 5. The van der Waals surface area contributed by atoms with Crippen LogP contribution in [0, 0.1) is 6.92 Å². The molecule has 1 aromatic heterocycles. The number of aryl methyl sites for hydroxylation is 2. The lowest BCUT2D eigenvalue weighted by molar-refractivity contribution is 0.172. The Hall–Kier alpha value is -1.01. The van der Waals surface area contributed by atoms with Gasteiger partial charge in [-0.05, 0) is 25.8 Å². The van der Waals surface area contributed by atoms with E-state index < -0.39 is 15.9 Å². The van der Waals surface area contributed by atoms with Crippen LogP contribution >= 0.6 is 0 Å². The highest BCUT2D eigenvalue weighted by Crippen LogP contribution is 2.20. The molecule has 1 unspecified atom stereocenters. The molecule has 0 aliphatic rings. The normalized spacial score (nSPS) is 13.6. The van der Waals surface area contributed by atoms with Crippen molar-refractivity contribution in [1.29, 1.82) is 0 Å². The lowest BCUT2D eigenvalue weighted by Crippen LogP contribution is -2.11. The van der Waals surface area contributed by atoms with E-state index in [0.29, 0.717) is 12.0 Å². The highest BCUT2D eigenvalue weighted by molar-refractivity contribution is 7.90. The number of aliphatic hydroxyl groups is 1. The van der Waals surface area contributed by atoms with Crippen molar-refractivity contribution < 1.29 is 13.5 Å². The average Bonchev–Trinajstić information content (AvgIpc) is 2.25. The van der Waals surface area contributed by atoms with Gasteiger partial charge in [0.1, 0.15) is 9.84 Å². The summed E-state index contributed by atoms with van der Waals surface area (Å²) in [5.74, 6) is -0.0291. The van der Waals surface area contributed by atoms with E-state index in [9.17, 15) is 13.5 Å². The molecule has 0 saturated carbocycles. The van der Waals surface area contributed by atoms with Crippen LogP contribution in [-0.2, 0) is 16.3 Å². The summed E-state index contributed by atoms with van der Waals surface area (Å²) >= 11 is 0. The van der Waals surface area contributed by atoms with Gasteiger partial charge >= 0.3 is 0 Å². The molecular formula is C11H18N2O3S. The maximum absolute atomic E-state index is 11.0. The first-order valence-electron chi connectivity index (χ1n) is 5.52. The standard InChI is InChI=1S/C11H18N2O3S/c1-4-10-9(7-8(2)12-13-10)11(14)5-6-17(3,15)16/h7,11,14H,4-6H2,1-3H3. The smallest absolute Gasteiger partial charge is 0.147 e. The minimum absolute atomic E-state index is 0.0291. The summed E-state index contributed by atoms with van der Waals surface area (Å²) in [5, 5.41) is 17.9. The third-order valence-electron chi connectivity index (χ3n) is 2.48. The van der Waals surface area contributed by atoms with Gasteiger partial charge in [-0.1, -0.05) is 6.92 Å². The van der Waals surface area contributed by atoms with Crippen LogP contribution in [0.15, 0.2) is 6.07 Å². The number of rotatable bonds is 5. The molecule has 1 rings (SSSR count). The number of aromatic nitrogens is 2. The van der Waals surface area contributed by atoms with Crippen LogP contribution in [0.5, 0.6) is 0 Å². The number of aliphatic hydroxyl groups excluding tert-OH is 1. The van der Waals surface area contributed by atoms with Crippen molar-refractivity contribution in [3.05, 3.63) is 23.0 Å². The molecule has 1 heterocycles. The molecule has 1 atom stereocenters. The van der Waals surface area contributed by atoms with E-state index in [4.69, 9.17) is 0 Å². The van der Waals surface area contributed by atoms with Crippen molar-refractivity contribution in [3.63, 3.8) is 0 Å². The number of nitrogens with zero attached hydrogens (tertiary/aromatic N) is 2. The quantitative estimate of drug-likeness (QED) is 0.845. The zero-order chi connectivity index (χ0) is 13.1. The highest BCUT2D eigenvalue weighted by atomic mass is 32.2. The predicted molar refractivity (Wildman–Crippen MR) is 65.4 cm³/mol. The minimum atomic E-state index is -3.05. The van der Waals surface area contributed by atoms with E-state index in [-0.39, 0.29) is 12.2 Å². The van der Waals surface area contributed by atoms with Crippen molar-refractivity contribution >= 4 is 9.84 Å². The maximum Gasteiger partial charge on any atom is 0.147 e. The fourth-order valence-electron chi connectivity index (χ4n) is 1.58. The van der Waals surface area contributed by atoms with Gasteiger partial charge in [0.2, 0.25) is 0 Å². The van der Waals surface area contributed by atoms with Crippen molar-refractivity contribution in [2.24, 2.45) is 0 Å². The minimum Gasteiger partial charge on any atom is -0.388 e. The van der Waals surface area contributed by atoms with Gasteiger partial charge in [-0.25, -0.2) is 8.42 Å². The van der Waals surface area contributed by atoms with Gasteiger partial charge in [0.05, 0.1) is 23.2 Å². The largest absolute Gasteiger partial charge is 0.388 e. The van der Waals surface area contributed by atoms with E-state index in [2.05, 4.69) is 10.2 Å². The summed E-state index contributed by atoms with van der Waals surface area (Å²) in [6.45, 7) is 3.71. The summed E-state index contributed by atoms with van der Waals surface area (Å²) in [5.41, 5.74) is 2.12. The Balaban J connectivity index is 2.87. The first kappa shape index (κ1) is 14.1. The molecule has 0 amide bonds. The van der Waals surface area contributed by atoms with Gasteiger partial charge in [-0.2, -0.15) is 10.2 Å². The molecule has 0 aliphatic heterocycles. The third kappa shape index (κ3) is 4.40. The molecule has 0 bridgehead atoms. The van der Waals surface area contributed by atoms with Gasteiger partial charge in [0, 0.05) is 11.8 Å². The maximum atomic E-state index is 11.0. The molecule has 17 heavy (non-hydrogen) atoms. The number of sulfone groups is 1. The van der Waals surface area contributed by atoms with Gasteiger partial charge < -0.3 is 5.11 Å². The first-order valence-corrected chi connectivity index (χ1v) is 7.58. The van der Waals surface area contributed by atoms with Crippen molar-refractivity contribution in [1.82, 2.24) is 10.2 Å². The van der Waals surface area contributed by atoms with Crippen molar-refractivity contribution in [2.45, 2.75) is 32.8 Å². The molecule has 0 radical (unpaired) electrons. The molecule has 0 aliphatic carbocycles. The van der Waals surface area contributed by atoms with Gasteiger partial charge in [-0.3, -0.25) is 0 Å². The molecule has 0 aromatic carbocycles. The Morgan fingerprint density at radius 1 is 1.41 bits per heavy atom. The average molecular weight is 258 g/mol. The molecule has 0 fully saturated rings. The predicted octanol–water partition coefficient (Wildman–Crippen LogP) is 0.816. The lowest BCUT2D eigenvalue weighted by Gasteiger charge is -2.13. The highest BCUT2D eigenvalue weighted by Gasteiger charge is 2.16. The van der Waals surface area contributed by atoms with Gasteiger partial charge in [0.15, 0.2) is 0 Å². The van der Waals surface area contributed by atoms with Gasteiger partial charge in [0.25, 0.3) is 0 Å². The van der Waals surface area contributed by atoms with Crippen LogP contribution in [0.3, 0.4) is 0 Å². The zero-order valence-electron chi connectivity index (χ0n) is 10.3. The summed E-state index contributed by atoms with van der Waals surface area (Å²) in [7, 11) is -3.05. The van der Waals surface area contributed by atoms with Crippen LogP contribution in [0.25, 0.3) is 0 Å². The molecule has 0 spiro atoms. The first-order chi connectivity index (χ1) is 7.83. The molecule has 6 heteroatoms. The van der Waals surface area contributed by atoms with E-state index in [1.165, 1.54) is 0 Å². The Morgan fingerprint density at radius 3 is 2.59 bits per heavy atom. The van der Waals surface area contributed by atoms with Gasteiger partial charge in [-0.15, -0.1) is 0 Å². The van der Waals surface area contributed by atoms with Crippen LogP contribution in [0.2, 0.25) is 0 Å². The van der Waals surface area contributed by atoms with Crippen molar-refractivity contribution in [3.8, 4) is 0 Å². The van der Waals surface area contributed by atoms with Crippen LogP contribution in [-0.4, -0.2) is 35.7 Å². The van der Waals surface area contributed by atoms with Crippen LogP contribution in [0.1, 0.15) is 36.4 Å². The molecule has 96 valence electrons. The van der Waals surface area contributed by atoms with E-state index in [1.807, 2.05) is 6.92 Å². The second-order valence-corrected chi connectivity index (χ2v) is 6.44.